The molecule has 0 bridgehead atoms. The Morgan fingerprint density at radius 2 is 1.71 bits per heavy atom. The Hall–Kier alpha value is -1.26. The molecular weight excluding hydrogens is 218 g/mol. The van der Waals surface area contributed by atoms with Crippen LogP contribution in [0.15, 0.2) is 0 Å². The molecule has 1 aliphatic rings. The molecule has 5 nitrogen and oxygen atoms in total. The van der Waals surface area contributed by atoms with Crippen molar-refractivity contribution in [3.63, 3.8) is 0 Å². The minimum absolute atomic E-state index is 0.0417. The molecule has 0 radical (unpaired) electrons. The first-order chi connectivity index (χ1) is 8.10. The van der Waals surface area contributed by atoms with Gasteiger partial charge in [0.2, 0.25) is 5.91 Å². The van der Waals surface area contributed by atoms with Crippen molar-refractivity contribution >= 4 is 11.9 Å². The largest absolute Gasteiger partial charge is 0.368 e. The van der Waals surface area contributed by atoms with Crippen molar-refractivity contribution in [2.45, 2.75) is 45.6 Å². The number of carbonyl (C=O) groups excluding carboxylic acids is 2. The Morgan fingerprint density at radius 3 is 2.12 bits per heavy atom. The summed E-state index contributed by atoms with van der Waals surface area (Å²) in [5, 5.41) is 0. The third kappa shape index (κ3) is 3.61. The van der Waals surface area contributed by atoms with Crippen LogP contribution in [0.3, 0.4) is 0 Å². The smallest absolute Gasteiger partial charge is 0.320 e. The molecule has 0 aromatic carbocycles. The van der Waals surface area contributed by atoms with Crippen LogP contribution in [-0.2, 0) is 4.79 Å². The fourth-order valence-electron chi connectivity index (χ4n) is 2.41. The summed E-state index contributed by atoms with van der Waals surface area (Å²) in [6, 6.07) is 0.135. The van der Waals surface area contributed by atoms with Crippen molar-refractivity contribution in [2.75, 3.05) is 19.6 Å². The lowest BCUT2D eigenvalue weighted by Gasteiger charge is -2.32. The highest BCUT2D eigenvalue weighted by Crippen LogP contribution is 2.24. The van der Waals surface area contributed by atoms with Crippen molar-refractivity contribution in [1.29, 1.82) is 0 Å². The van der Waals surface area contributed by atoms with Crippen molar-refractivity contribution in [3.8, 4) is 0 Å². The molecule has 0 atom stereocenters. The van der Waals surface area contributed by atoms with Gasteiger partial charge in [0.25, 0.3) is 0 Å². The third-order valence-corrected chi connectivity index (χ3v) is 3.37. The molecular formula is C12H23N3O2. The molecule has 1 fully saturated rings. The van der Waals surface area contributed by atoms with Gasteiger partial charge in [-0.25, -0.2) is 4.79 Å². The van der Waals surface area contributed by atoms with E-state index in [2.05, 4.69) is 0 Å². The van der Waals surface area contributed by atoms with Gasteiger partial charge in [0.1, 0.15) is 6.54 Å². The zero-order valence-electron chi connectivity index (χ0n) is 10.8. The lowest BCUT2D eigenvalue weighted by Crippen LogP contribution is -2.50. The molecule has 1 saturated carbocycles. The van der Waals surface area contributed by atoms with Gasteiger partial charge in [-0.3, -0.25) is 4.79 Å². The monoisotopic (exact) mass is 241 g/mol. The van der Waals surface area contributed by atoms with Crippen LogP contribution in [0.1, 0.15) is 39.5 Å². The highest BCUT2D eigenvalue weighted by molar-refractivity contribution is 5.83. The topological polar surface area (TPSA) is 66.6 Å². The number of hydrogen-bond donors (Lipinski definition) is 1. The van der Waals surface area contributed by atoms with E-state index in [4.69, 9.17) is 5.73 Å². The van der Waals surface area contributed by atoms with Gasteiger partial charge < -0.3 is 15.5 Å². The van der Waals surface area contributed by atoms with Crippen LogP contribution in [0, 0.1) is 0 Å². The second kappa shape index (κ2) is 6.47. The summed E-state index contributed by atoms with van der Waals surface area (Å²) in [6.45, 7) is 5.26. The van der Waals surface area contributed by atoms with Gasteiger partial charge in [-0.2, -0.15) is 0 Å². The zero-order valence-corrected chi connectivity index (χ0v) is 10.8. The number of amides is 3. The molecule has 0 spiro atoms. The molecule has 5 heteroatoms. The lowest BCUT2D eigenvalue weighted by atomic mass is 10.2. The van der Waals surface area contributed by atoms with E-state index in [1.807, 2.05) is 13.8 Å². The SMILES string of the molecule is CCN(CC)C(=O)N(CC(N)=O)C1CCCC1. The van der Waals surface area contributed by atoms with Crippen LogP contribution < -0.4 is 5.73 Å². The molecule has 0 unspecified atom stereocenters. The highest BCUT2D eigenvalue weighted by atomic mass is 16.2. The van der Waals surface area contributed by atoms with Crippen LogP contribution in [0.2, 0.25) is 0 Å². The Balaban J connectivity index is 2.73. The highest BCUT2D eigenvalue weighted by Gasteiger charge is 2.29. The average molecular weight is 241 g/mol. The molecule has 0 saturated heterocycles. The van der Waals surface area contributed by atoms with E-state index < -0.39 is 5.91 Å². The summed E-state index contributed by atoms with van der Waals surface area (Å²) in [4.78, 5) is 26.7. The van der Waals surface area contributed by atoms with E-state index in [0.717, 1.165) is 25.7 Å². The van der Waals surface area contributed by atoms with Gasteiger partial charge in [-0.05, 0) is 26.7 Å². The first-order valence-corrected chi connectivity index (χ1v) is 6.44. The zero-order chi connectivity index (χ0) is 12.8. The third-order valence-electron chi connectivity index (χ3n) is 3.37. The quantitative estimate of drug-likeness (QED) is 0.785. The normalized spacial score (nSPS) is 15.9. The van der Waals surface area contributed by atoms with Gasteiger partial charge in [0.05, 0.1) is 0 Å². The van der Waals surface area contributed by atoms with Gasteiger partial charge in [0, 0.05) is 19.1 Å². The minimum atomic E-state index is -0.433. The maximum atomic E-state index is 12.3. The van der Waals surface area contributed by atoms with Gasteiger partial charge in [-0.15, -0.1) is 0 Å². The van der Waals surface area contributed by atoms with E-state index in [1.54, 1.807) is 9.80 Å². The van der Waals surface area contributed by atoms with E-state index in [0.29, 0.717) is 13.1 Å². The second-order valence-corrected chi connectivity index (χ2v) is 4.49. The minimum Gasteiger partial charge on any atom is -0.368 e. The summed E-state index contributed by atoms with van der Waals surface area (Å²) < 4.78 is 0. The van der Waals surface area contributed by atoms with Crippen molar-refractivity contribution < 1.29 is 9.59 Å². The maximum absolute atomic E-state index is 12.3. The van der Waals surface area contributed by atoms with Crippen LogP contribution in [0.5, 0.6) is 0 Å². The number of nitrogens with two attached hydrogens (primary N) is 1. The van der Waals surface area contributed by atoms with E-state index in [-0.39, 0.29) is 18.6 Å². The average Bonchev–Trinajstić information content (AvgIpc) is 2.80. The lowest BCUT2D eigenvalue weighted by molar-refractivity contribution is -0.119. The van der Waals surface area contributed by atoms with Crippen LogP contribution in [0.4, 0.5) is 4.79 Å². The van der Waals surface area contributed by atoms with Gasteiger partial charge in [0.15, 0.2) is 0 Å². The number of rotatable bonds is 5. The number of primary amides is 1. The standard InChI is InChI=1S/C12H23N3O2/c1-3-14(4-2)12(17)15(9-11(13)16)10-7-5-6-8-10/h10H,3-9H2,1-2H3,(H2,13,16). The van der Waals surface area contributed by atoms with Crippen molar-refractivity contribution in [3.05, 3.63) is 0 Å². The Kier molecular flexibility index (Phi) is 5.25. The molecule has 1 rings (SSSR count). The molecule has 2 N–H and O–H groups in total. The molecule has 17 heavy (non-hydrogen) atoms. The first kappa shape index (κ1) is 13.8. The maximum Gasteiger partial charge on any atom is 0.320 e. The van der Waals surface area contributed by atoms with Crippen molar-refractivity contribution in [1.82, 2.24) is 9.80 Å². The first-order valence-electron chi connectivity index (χ1n) is 6.44. The van der Waals surface area contributed by atoms with E-state index >= 15 is 0 Å². The fraction of sp³-hybridized carbons (Fsp3) is 0.833. The van der Waals surface area contributed by atoms with Gasteiger partial charge in [-0.1, -0.05) is 12.8 Å². The Bertz CT molecular complexity index is 271. The van der Waals surface area contributed by atoms with E-state index in [9.17, 15) is 9.59 Å². The molecule has 98 valence electrons. The number of carbonyl (C=O) groups is 2. The van der Waals surface area contributed by atoms with Crippen LogP contribution >= 0.6 is 0 Å². The summed E-state index contributed by atoms with van der Waals surface area (Å²) in [6.07, 6.45) is 4.23. The molecule has 3 amide bonds. The number of urea groups is 1. The van der Waals surface area contributed by atoms with Crippen molar-refractivity contribution in [2.24, 2.45) is 5.73 Å². The molecule has 1 aliphatic carbocycles. The predicted molar refractivity (Wildman–Crippen MR) is 66.5 cm³/mol. The fourth-order valence-corrected chi connectivity index (χ4v) is 2.41. The number of nitrogens with zero attached hydrogens (tertiary/aromatic N) is 2. The Morgan fingerprint density at radius 1 is 1.18 bits per heavy atom. The summed E-state index contributed by atoms with van der Waals surface area (Å²) in [5.41, 5.74) is 5.23. The summed E-state index contributed by atoms with van der Waals surface area (Å²) in [7, 11) is 0. The predicted octanol–water partition coefficient (Wildman–Crippen LogP) is 1.18. The molecule has 0 aromatic heterocycles. The second-order valence-electron chi connectivity index (χ2n) is 4.49. The summed E-state index contributed by atoms with van der Waals surface area (Å²) >= 11 is 0. The molecule has 0 aliphatic heterocycles. The van der Waals surface area contributed by atoms with Gasteiger partial charge >= 0.3 is 6.03 Å². The van der Waals surface area contributed by atoms with Crippen LogP contribution in [0.25, 0.3) is 0 Å². The number of hydrogen-bond acceptors (Lipinski definition) is 2. The Labute approximate surface area is 103 Å². The summed E-state index contributed by atoms with van der Waals surface area (Å²) in [5.74, 6) is -0.433. The molecule has 0 heterocycles. The van der Waals surface area contributed by atoms with E-state index in [1.165, 1.54) is 0 Å². The van der Waals surface area contributed by atoms with Crippen LogP contribution in [-0.4, -0.2) is 47.4 Å². The molecule has 0 aromatic rings.